The van der Waals surface area contributed by atoms with Gasteiger partial charge in [0.2, 0.25) is 0 Å². The number of nitrogens with zero attached hydrogens (tertiary/aromatic N) is 3. The summed E-state index contributed by atoms with van der Waals surface area (Å²) in [5.41, 5.74) is 1.80. The van der Waals surface area contributed by atoms with E-state index in [0.717, 1.165) is 15.9 Å². The summed E-state index contributed by atoms with van der Waals surface area (Å²) in [4.78, 5) is 44.4. The van der Waals surface area contributed by atoms with Crippen LogP contribution < -0.4 is 10.9 Å². The quantitative estimate of drug-likeness (QED) is 0.465. The second-order valence-electron chi connectivity index (χ2n) is 7.94. The second kappa shape index (κ2) is 9.03. The van der Waals surface area contributed by atoms with Crippen LogP contribution in [0, 0.1) is 5.92 Å². The smallest absolute Gasteiger partial charge is 0.321 e. The number of aromatic nitrogens is 2. The van der Waals surface area contributed by atoms with Crippen LogP contribution in [0.2, 0.25) is 0 Å². The summed E-state index contributed by atoms with van der Waals surface area (Å²) >= 11 is 1.42. The number of amides is 2. The molecule has 9 heteroatoms. The minimum Gasteiger partial charge on any atom is -0.459 e. The number of benzene rings is 2. The molecule has 1 N–H and O–H groups in total. The fourth-order valence-corrected chi connectivity index (χ4v) is 5.05. The first-order valence-corrected chi connectivity index (χ1v) is 11.6. The number of rotatable bonds is 4. The maximum Gasteiger partial charge on any atom is 0.321 e. The van der Waals surface area contributed by atoms with E-state index in [1.54, 1.807) is 9.30 Å². The number of hydrogen-bond acceptors (Lipinski definition) is 6. The lowest BCUT2D eigenvalue weighted by molar-refractivity contribution is -0.151. The number of urea groups is 1. The number of ether oxygens (including phenoxy) is 1. The van der Waals surface area contributed by atoms with Crippen LogP contribution in [0.1, 0.15) is 18.5 Å². The van der Waals surface area contributed by atoms with Gasteiger partial charge in [0.1, 0.15) is 6.61 Å². The van der Waals surface area contributed by atoms with E-state index in [1.807, 2.05) is 54.6 Å². The summed E-state index contributed by atoms with van der Waals surface area (Å²) in [5, 5.41) is 2.86. The molecule has 0 atom stereocenters. The topological polar surface area (TPSA) is 93.0 Å². The number of likely N-dealkylation sites (tertiary alicyclic amines) is 1. The van der Waals surface area contributed by atoms with Gasteiger partial charge in [-0.05, 0) is 37.1 Å². The predicted octanol–water partition coefficient (Wildman–Crippen LogP) is 3.90. The van der Waals surface area contributed by atoms with E-state index in [9.17, 15) is 14.4 Å². The molecule has 2 aromatic carbocycles. The van der Waals surface area contributed by atoms with Crippen LogP contribution in [0.5, 0.6) is 0 Å². The van der Waals surface area contributed by atoms with Crippen LogP contribution in [-0.4, -0.2) is 39.4 Å². The molecule has 1 saturated heterocycles. The predicted molar refractivity (Wildman–Crippen MR) is 126 cm³/mol. The van der Waals surface area contributed by atoms with Crippen molar-refractivity contribution in [3.8, 4) is 0 Å². The maximum atomic E-state index is 12.6. The standard InChI is InChI=1S/C24H22N4O4S/c29-21-14-18(26-24-28(21)19-8-4-5-9-20(19)33-24)15-32-22(30)16-10-12-27(13-11-16)23(31)25-17-6-2-1-3-7-17/h1-9,14,16H,10-13,15H2,(H,25,31). The maximum absolute atomic E-state index is 12.6. The third-order valence-electron chi connectivity index (χ3n) is 5.75. The van der Waals surface area contributed by atoms with Gasteiger partial charge in [-0.25, -0.2) is 9.78 Å². The number of thiazole rings is 1. The highest BCUT2D eigenvalue weighted by atomic mass is 32.1. The van der Waals surface area contributed by atoms with E-state index < -0.39 is 0 Å². The van der Waals surface area contributed by atoms with E-state index in [4.69, 9.17) is 4.74 Å². The summed E-state index contributed by atoms with van der Waals surface area (Å²) in [6, 6.07) is 18.1. The van der Waals surface area contributed by atoms with Crippen molar-refractivity contribution >= 4 is 44.2 Å². The number of nitrogens with one attached hydrogen (secondary N) is 1. The van der Waals surface area contributed by atoms with Gasteiger partial charge in [-0.2, -0.15) is 0 Å². The van der Waals surface area contributed by atoms with Crippen molar-refractivity contribution < 1.29 is 14.3 Å². The van der Waals surface area contributed by atoms with Crippen molar-refractivity contribution in [3.63, 3.8) is 0 Å². The Morgan fingerprint density at radius 3 is 2.58 bits per heavy atom. The SMILES string of the molecule is O=C(OCc1cc(=O)n2c(n1)sc1ccccc12)C1CCN(C(=O)Nc2ccccc2)CC1. The zero-order valence-corrected chi connectivity index (χ0v) is 18.6. The van der Waals surface area contributed by atoms with Crippen LogP contribution in [-0.2, 0) is 16.1 Å². The molecule has 0 saturated carbocycles. The summed E-state index contributed by atoms with van der Waals surface area (Å²) in [7, 11) is 0. The largest absolute Gasteiger partial charge is 0.459 e. The normalized spacial score (nSPS) is 14.5. The first-order chi connectivity index (χ1) is 16.1. The number of esters is 1. The van der Waals surface area contributed by atoms with Gasteiger partial charge in [0.25, 0.3) is 5.56 Å². The number of carbonyl (C=O) groups is 2. The van der Waals surface area contributed by atoms with Crippen LogP contribution in [0.25, 0.3) is 15.2 Å². The van der Waals surface area contributed by atoms with E-state index in [1.165, 1.54) is 17.4 Å². The molecule has 168 valence electrons. The molecular weight excluding hydrogens is 440 g/mol. The molecule has 4 aromatic rings. The average Bonchev–Trinajstić information content (AvgIpc) is 3.22. The Bertz CT molecular complexity index is 1370. The van der Waals surface area contributed by atoms with Crippen molar-refractivity contribution in [3.05, 3.63) is 76.7 Å². The number of fused-ring (bicyclic) bond motifs is 3. The molecule has 3 heterocycles. The minimum absolute atomic E-state index is 0.0481. The molecule has 1 aliphatic rings. The Morgan fingerprint density at radius 2 is 1.79 bits per heavy atom. The minimum atomic E-state index is -0.323. The van der Waals surface area contributed by atoms with Gasteiger partial charge in [0.15, 0.2) is 4.96 Å². The van der Waals surface area contributed by atoms with E-state index in [-0.39, 0.29) is 30.1 Å². The lowest BCUT2D eigenvalue weighted by Gasteiger charge is -2.30. The Morgan fingerprint density at radius 1 is 1.06 bits per heavy atom. The van der Waals surface area contributed by atoms with E-state index in [2.05, 4.69) is 10.3 Å². The zero-order chi connectivity index (χ0) is 22.8. The molecule has 0 bridgehead atoms. The van der Waals surface area contributed by atoms with Gasteiger partial charge in [0, 0.05) is 24.8 Å². The number of para-hydroxylation sites is 2. The summed E-state index contributed by atoms with van der Waals surface area (Å²) in [6.07, 6.45) is 1.07. The Kier molecular flexibility index (Phi) is 5.78. The van der Waals surface area contributed by atoms with E-state index in [0.29, 0.717) is 36.6 Å². The highest BCUT2D eigenvalue weighted by Gasteiger charge is 2.28. The molecule has 0 spiro atoms. The summed E-state index contributed by atoms with van der Waals surface area (Å²) in [6.45, 7) is 0.908. The van der Waals surface area contributed by atoms with E-state index >= 15 is 0 Å². The van der Waals surface area contributed by atoms with Crippen LogP contribution in [0.3, 0.4) is 0 Å². The molecule has 8 nitrogen and oxygen atoms in total. The molecule has 2 amide bonds. The van der Waals surface area contributed by atoms with Crippen LogP contribution >= 0.6 is 11.3 Å². The van der Waals surface area contributed by atoms with Crippen molar-refractivity contribution in [1.82, 2.24) is 14.3 Å². The fraction of sp³-hybridized carbons (Fsp3) is 0.250. The van der Waals surface area contributed by atoms with Gasteiger partial charge in [-0.15, -0.1) is 0 Å². The van der Waals surface area contributed by atoms with Crippen LogP contribution in [0.15, 0.2) is 65.5 Å². The molecular formula is C24H22N4O4S. The molecule has 0 radical (unpaired) electrons. The summed E-state index contributed by atoms with van der Waals surface area (Å²) < 4.78 is 8.02. The lowest BCUT2D eigenvalue weighted by atomic mass is 9.97. The third-order valence-corrected chi connectivity index (χ3v) is 6.77. The van der Waals surface area contributed by atoms with Gasteiger partial charge in [-0.3, -0.25) is 14.0 Å². The molecule has 0 aliphatic carbocycles. The Balaban J connectivity index is 1.17. The van der Waals surface area contributed by atoms with Crippen LogP contribution in [0.4, 0.5) is 10.5 Å². The molecule has 0 unspecified atom stereocenters. The van der Waals surface area contributed by atoms with Gasteiger partial charge >= 0.3 is 12.0 Å². The molecule has 33 heavy (non-hydrogen) atoms. The highest BCUT2D eigenvalue weighted by molar-refractivity contribution is 7.23. The molecule has 1 fully saturated rings. The first-order valence-electron chi connectivity index (χ1n) is 10.8. The van der Waals surface area contributed by atoms with Crippen molar-refractivity contribution in [2.24, 2.45) is 5.92 Å². The lowest BCUT2D eigenvalue weighted by Crippen LogP contribution is -2.42. The van der Waals surface area contributed by atoms with Gasteiger partial charge < -0.3 is 15.0 Å². The fourth-order valence-electron chi connectivity index (χ4n) is 4.00. The van der Waals surface area contributed by atoms with Gasteiger partial charge in [-0.1, -0.05) is 41.7 Å². The number of carbonyl (C=O) groups excluding carboxylic acids is 2. The highest BCUT2D eigenvalue weighted by Crippen LogP contribution is 2.24. The van der Waals surface area contributed by atoms with Gasteiger partial charge in [0.05, 0.1) is 21.8 Å². The average molecular weight is 463 g/mol. The molecule has 5 rings (SSSR count). The zero-order valence-electron chi connectivity index (χ0n) is 17.8. The number of hydrogen-bond donors (Lipinski definition) is 1. The van der Waals surface area contributed by atoms with Crippen molar-refractivity contribution in [1.29, 1.82) is 0 Å². The third kappa shape index (κ3) is 4.45. The number of anilines is 1. The number of piperidine rings is 1. The molecule has 1 aliphatic heterocycles. The molecule has 2 aromatic heterocycles. The monoisotopic (exact) mass is 462 g/mol. The summed E-state index contributed by atoms with van der Waals surface area (Å²) in [5.74, 6) is -0.601. The van der Waals surface area contributed by atoms with Crippen molar-refractivity contribution in [2.45, 2.75) is 19.4 Å². The van der Waals surface area contributed by atoms with Crippen molar-refractivity contribution in [2.75, 3.05) is 18.4 Å². The Labute approximate surface area is 193 Å². The first kappa shape index (κ1) is 21.1. The Hall–Kier alpha value is -3.72. The second-order valence-corrected chi connectivity index (χ2v) is 8.95.